The van der Waals surface area contributed by atoms with Gasteiger partial charge in [0.2, 0.25) is 11.8 Å². The normalized spacial score (nSPS) is 10.0. The van der Waals surface area contributed by atoms with Crippen LogP contribution in [0.5, 0.6) is 0 Å². The Morgan fingerprint density at radius 2 is 1.79 bits per heavy atom. The van der Waals surface area contributed by atoms with E-state index in [1.165, 1.54) is 13.2 Å². The van der Waals surface area contributed by atoms with E-state index in [2.05, 4.69) is 16.0 Å². The van der Waals surface area contributed by atoms with Gasteiger partial charge in [0.1, 0.15) is 0 Å². The molecule has 0 fully saturated rings. The van der Waals surface area contributed by atoms with Gasteiger partial charge >= 0.3 is 0 Å². The first-order chi connectivity index (χ1) is 11.5. The van der Waals surface area contributed by atoms with E-state index in [9.17, 15) is 14.4 Å². The van der Waals surface area contributed by atoms with Crippen molar-refractivity contribution in [2.75, 3.05) is 17.2 Å². The molecule has 0 aliphatic rings. The second-order valence-electron chi connectivity index (χ2n) is 5.15. The van der Waals surface area contributed by atoms with Crippen molar-refractivity contribution in [3.05, 3.63) is 48.4 Å². The Kier molecular flexibility index (Phi) is 6.13. The van der Waals surface area contributed by atoms with Crippen molar-refractivity contribution in [3.63, 3.8) is 0 Å². The lowest BCUT2D eigenvalue weighted by Crippen LogP contribution is -2.25. The Hall–Kier alpha value is -3.09. The van der Waals surface area contributed by atoms with Gasteiger partial charge in [-0.1, -0.05) is 6.07 Å². The van der Waals surface area contributed by atoms with Gasteiger partial charge in [-0.25, -0.2) is 0 Å². The number of furan rings is 1. The summed E-state index contributed by atoms with van der Waals surface area (Å²) < 4.78 is 4.97. The lowest BCUT2D eigenvalue weighted by atomic mass is 10.2. The van der Waals surface area contributed by atoms with E-state index in [-0.39, 0.29) is 29.9 Å². The van der Waals surface area contributed by atoms with Crippen LogP contribution in [0.4, 0.5) is 11.4 Å². The number of rotatable bonds is 7. The summed E-state index contributed by atoms with van der Waals surface area (Å²) >= 11 is 0. The summed E-state index contributed by atoms with van der Waals surface area (Å²) in [5.74, 6) is -0.398. The highest BCUT2D eigenvalue weighted by Gasteiger charge is 2.08. The van der Waals surface area contributed by atoms with Crippen molar-refractivity contribution in [1.29, 1.82) is 0 Å². The van der Waals surface area contributed by atoms with Gasteiger partial charge in [-0.05, 0) is 36.8 Å². The second kappa shape index (κ2) is 8.52. The maximum absolute atomic E-state index is 11.9. The monoisotopic (exact) mass is 329 g/mol. The molecule has 0 radical (unpaired) electrons. The summed E-state index contributed by atoms with van der Waals surface area (Å²) in [4.78, 5) is 34.5. The van der Waals surface area contributed by atoms with Crippen LogP contribution in [-0.4, -0.2) is 24.3 Å². The highest BCUT2D eigenvalue weighted by atomic mass is 16.3. The third kappa shape index (κ3) is 5.60. The van der Waals surface area contributed by atoms with E-state index in [1.54, 1.807) is 36.4 Å². The number of carbonyl (C=O) groups is 3. The minimum Gasteiger partial charge on any atom is -0.459 e. The summed E-state index contributed by atoms with van der Waals surface area (Å²) in [6, 6.07) is 10.1. The summed E-state index contributed by atoms with van der Waals surface area (Å²) in [6.45, 7) is 1.79. The molecule has 7 heteroatoms. The van der Waals surface area contributed by atoms with Crippen LogP contribution in [0.15, 0.2) is 47.1 Å². The molecule has 0 bridgehead atoms. The fraction of sp³-hybridized carbons (Fsp3) is 0.235. The molecule has 0 atom stereocenters. The van der Waals surface area contributed by atoms with Crippen molar-refractivity contribution in [2.24, 2.45) is 0 Å². The van der Waals surface area contributed by atoms with Gasteiger partial charge in [0, 0.05) is 31.3 Å². The molecule has 2 aromatic rings. The number of benzene rings is 1. The SMILES string of the molecule is CC(=O)Nc1cccc(NC(=O)CCCNC(=O)c2ccco2)c1. The maximum Gasteiger partial charge on any atom is 0.286 e. The molecule has 2 rings (SSSR count). The lowest BCUT2D eigenvalue weighted by Gasteiger charge is -2.08. The van der Waals surface area contributed by atoms with Crippen LogP contribution in [0.1, 0.15) is 30.3 Å². The van der Waals surface area contributed by atoms with E-state index in [0.29, 0.717) is 24.3 Å². The Morgan fingerprint density at radius 1 is 1.04 bits per heavy atom. The van der Waals surface area contributed by atoms with Crippen LogP contribution in [-0.2, 0) is 9.59 Å². The van der Waals surface area contributed by atoms with E-state index in [0.717, 1.165) is 0 Å². The number of anilines is 2. The molecule has 0 saturated heterocycles. The molecular formula is C17H19N3O4. The van der Waals surface area contributed by atoms with Crippen molar-refractivity contribution in [2.45, 2.75) is 19.8 Å². The topological polar surface area (TPSA) is 100 Å². The molecule has 0 spiro atoms. The van der Waals surface area contributed by atoms with Gasteiger partial charge < -0.3 is 20.4 Å². The highest BCUT2D eigenvalue weighted by Crippen LogP contribution is 2.15. The molecule has 24 heavy (non-hydrogen) atoms. The fourth-order valence-electron chi connectivity index (χ4n) is 2.05. The van der Waals surface area contributed by atoms with Crippen LogP contribution in [0, 0.1) is 0 Å². The fourth-order valence-corrected chi connectivity index (χ4v) is 2.05. The van der Waals surface area contributed by atoms with Crippen LogP contribution in [0.25, 0.3) is 0 Å². The van der Waals surface area contributed by atoms with Gasteiger partial charge in [-0.3, -0.25) is 14.4 Å². The first kappa shape index (κ1) is 17.3. The quantitative estimate of drug-likeness (QED) is 0.679. The molecule has 0 aliphatic carbocycles. The molecule has 7 nitrogen and oxygen atoms in total. The highest BCUT2D eigenvalue weighted by molar-refractivity contribution is 5.93. The predicted octanol–water partition coefficient (Wildman–Crippen LogP) is 2.39. The maximum atomic E-state index is 11.9. The van der Waals surface area contributed by atoms with Crippen LogP contribution in [0.2, 0.25) is 0 Å². The summed E-state index contributed by atoms with van der Waals surface area (Å²) in [5, 5.41) is 8.07. The molecule has 3 N–H and O–H groups in total. The number of hydrogen-bond acceptors (Lipinski definition) is 4. The average Bonchev–Trinajstić information content (AvgIpc) is 3.05. The van der Waals surface area contributed by atoms with Gasteiger partial charge in [-0.15, -0.1) is 0 Å². The zero-order valence-electron chi connectivity index (χ0n) is 13.3. The van der Waals surface area contributed by atoms with Crippen molar-refractivity contribution >= 4 is 29.1 Å². The number of hydrogen-bond donors (Lipinski definition) is 3. The van der Waals surface area contributed by atoms with Crippen LogP contribution < -0.4 is 16.0 Å². The first-order valence-electron chi connectivity index (χ1n) is 7.54. The summed E-state index contributed by atoms with van der Waals surface area (Å²) in [5.41, 5.74) is 1.22. The predicted molar refractivity (Wildman–Crippen MR) is 89.7 cm³/mol. The smallest absolute Gasteiger partial charge is 0.286 e. The standard InChI is InChI=1S/C17H19N3O4/c1-12(21)19-13-5-2-6-14(11-13)20-16(22)8-3-9-18-17(23)15-7-4-10-24-15/h2,4-7,10-11H,3,8-9H2,1H3,(H,18,23)(H,19,21)(H,20,22). The van der Waals surface area contributed by atoms with Crippen LogP contribution in [0.3, 0.4) is 0 Å². The van der Waals surface area contributed by atoms with Crippen molar-refractivity contribution in [3.8, 4) is 0 Å². The molecule has 3 amide bonds. The molecule has 1 aromatic heterocycles. The zero-order chi connectivity index (χ0) is 17.4. The molecule has 1 heterocycles. The number of nitrogens with one attached hydrogen (secondary N) is 3. The lowest BCUT2D eigenvalue weighted by molar-refractivity contribution is -0.116. The van der Waals surface area contributed by atoms with E-state index in [1.807, 2.05) is 0 Å². The third-order valence-corrected chi connectivity index (χ3v) is 3.08. The van der Waals surface area contributed by atoms with Crippen molar-refractivity contribution in [1.82, 2.24) is 5.32 Å². The molecule has 0 unspecified atom stereocenters. The molecule has 0 saturated carbocycles. The van der Waals surface area contributed by atoms with E-state index < -0.39 is 0 Å². The first-order valence-corrected chi connectivity index (χ1v) is 7.54. The molecule has 1 aromatic carbocycles. The minimum atomic E-state index is -0.302. The van der Waals surface area contributed by atoms with Gasteiger partial charge in [0.05, 0.1) is 6.26 Å². The third-order valence-electron chi connectivity index (χ3n) is 3.08. The van der Waals surface area contributed by atoms with E-state index in [4.69, 9.17) is 4.42 Å². The molecule has 126 valence electrons. The summed E-state index contributed by atoms with van der Waals surface area (Å²) in [6.07, 6.45) is 2.20. The zero-order valence-corrected chi connectivity index (χ0v) is 13.3. The van der Waals surface area contributed by atoms with Crippen molar-refractivity contribution < 1.29 is 18.8 Å². The Balaban J connectivity index is 1.71. The van der Waals surface area contributed by atoms with Gasteiger partial charge in [0.25, 0.3) is 5.91 Å². The Morgan fingerprint density at radius 3 is 2.46 bits per heavy atom. The molecule has 0 aliphatic heterocycles. The van der Waals surface area contributed by atoms with E-state index >= 15 is 0 Å². The summed E-state index contributed by atoms with van der Waals surface area (Å²) in [7, 11) is 0. The minimum absolute atomic E-state index is 0.165. The number of carbonyl (C=O) groups excluding carboxylic acids is 3. The van der Waals surface area contributed by atoms with Gasteiger partial charge in [-0.2, -0.15) is 0 Å². The van der Waals surface area contributed by atoms with Gasteiger partial charge in [0.15, 0.2) is 5.76 Å². The average molecular weight is 329 g/mol. The molecular weight excluding hydrogens is 310 g/mol. The number of amides is 3. The largest absolute Gasteiger partial charge is 0.459 e. The Labute approximate surface area is 139 Å². The van der Waals surface area contributed by atoms with Crippen LogP contribution >= 0.6 is 0 Å². The second-order valence-corrected chi connectivity index (χ2v) is 5.15. The Bertz CT molecular complexity index is 710.